The summed E-state index contributed by atoms with van der Waals surface area (Å²) in [7, 11) is 0. The van der Waals surface area contributed by atoms with Crippen LogP contribution < -0.4 is 5.32 Å². The van der Waals surface area contributed by atoms with E-state index in [1.807, 2.05) is 18.2 Å². The number of benzene rings is 1. The third kappa shape index (κ3) is 6.46. The summed E-state index contributed by atoms with van der Waals surface area (Å²) in [4.78, 5) is 38.8. The van der Waals surface area contributed by atoms with Gasteiger partial charge >= 0.3 is 5.97 Å². The van der Waals surface area contributed by atoms with Crippen molar-refractivity contribution in [3.8, 4) is 11.3 Å². The molecule has 1 aliphatic rings. The van der Waals surface area contributed by atoms with Gasteiger partial charge in [0.05, 0.1) is 9.93 Å². The molecule has 7 nitrogen and oxygen atoms in total. The van der Waals surface area contributed by atoms with Gasteiger partial charge in [-0.15, -0.1) is 0 Å². The molecule has 0 saturated carbocycles. The van der Waals surface area contributed by atoms with Crippen LogP contribution >= 0.6 is 35.6 Å². The van der Waals surface area contributed by atoms with Crippen molar-refractivity contribution >= 4 is 63.8 Å². The van der Waals surface area contributed by atoms with Gasteiger partial charge in [0, 0.05) is 11.6 Å². The first-order chi connectivity index (χ1) is 15.4. The van der Waals surface area contributed by atoms with Crippen LogP contribution in [0.5, 0.6) is 0 Å². The topological polar surface area (TPSA) is 88.9 Å². The Balaban J connectivity index is 1.65. The molecule has 2 aromatic rings. The summed E-state index contributed by atoms with van der Waals surface area (Å²) in [6.45, 7) is 6.43. The van der Waals surface area contributed by atoms with Crippen LogP contribution in [0.4, 0.5) is 0 Å². The molecule has 1 saturated heterocycles. The van der Waals surface area contributed by atoms with Crippen LogP contribution in [-0.4, -0.2) is 45.2 Å². The number of esters is 1. The van der Waals surface area contributed by atoms with Crippen molar-refractivity contribution in [3.63, 3.8) is 0 Å². The highest BCUT2D eigenvalue weighted by Gasteiger charge is 2.34. The van der Waals surface area contributed by atoms with E-state index in [1.165, 1.54) is 11.8 Å². The number of hydrogen-bond donors (Lipinski definition) is 1. The van der Waals surface area contributed by atoms with E-state index in [9.17, 15) is 14.4 Å². The molecule has 2 heterocycles. The van der Waals surface area contributed by atoms with Crippen molar-refractivity contribution in [2.75, 3.05) is 6.54 Å². The molecule has 1 aliphatic heterocycles. The van der Waals surface area contributed by atoms with Crippen molar-refractivity contribution in [1.29, 1.82) is 0 Å². The Morgan fingerprint density at radius 3 is 2.64 bits per heavy atom. The Morgan fingerprint density at radius 2 is 1.97 bits per heavy atom. The van der Waals surface area contributed by atoms with E-state index in [0.717, 1.165) is 17.3 Å². The summed E-state index contributed by atoms with van der Waals surface area (Å²) in [6, 6.07) is 9.89. The number of carbonyl (C=O) groups excluding carboxylic acids is 3. The Hall–Kier alpha value is -2.62. The lowest BCUT2D eigenvalue weighted by Crippen LogP contribution is -2.46. The molecule has 1 aromatic carbocycles. The molecule has 0 aliphatic carbocycles. The van der Waals surface area contributed by atoms with Crippen LogP contribution in [0, 0.1) is 0 Å². The van der Waals surface area contributed by atoms with E-state index in [0.29, 0.717) is 21.4 Å². The van der Waals surface area contributed by atoms with Gasteiger partial charge in [-0.2, -0.15) is 0 Å². The molecule has 0 bridgehead atoms. The van der Waals surface area contributed by atoms with Gasteiger partial charge < -0.3 is 14.5 Å². The average molecular weight is 507 g/mol. The van der Waals surface area contributed by atoms with Crippen LogP contribution in [0.15, 0.2) is 45.7 Å². The lowest BCUT2D eigenvalue weighted by atomic mass is 10.2. The Labute approximate surface area is 206 Å². The first-order valence-electron chi connectivity index (χ1n) is 10.1. The number of rotatable bonds is 6. The molecular weight excluding hydrogens is 484 g/mol. The largest absolute Gasteiger partial charge is 0.458 e. The maximum absolute atomic E-state index is 12.8. The number of furan rings is 1. The van der Waals surface area contributed by atoms with E-state index in [-0.39, 0.29) is 10.9 Å². The van der Waals surface area contributed by atoms with Crippen molar-refractivity contribution in [1.82, 2.24) is 10.2 Å². The maximum atomic E-state index is 12.8. The second-order valence-corrected chi connectivity index (χ2v) is 10.4. The van der Waals surface area contributed by atoms with Gasteiger partial charge in [0.15, 0.2) is 0 Å². The predicted octanol–water partition coefficient (Wildman–Crippen LogP) is 4.65. The molecule has 1 aromatic heterocycles. The Bertz CT molecular complexity index is 1140. The van der Waals surface area contributed by atoms with Gasteiger partial charge in [-0.3, -0.25) is 14.5 Å². The molecule has 0 unspecified atom stereocenters. The minimum absolute atomic E-state index is 0.240. The predicted molar refractivity (Wildman–Crippen MR) is 132 cm³/mol. The second kappa shape index (κ2) is 10.1. The van der Waals surface area contributed by atoms with Gasteiger partial charge in [0.1, 0.15) is 34.0 Å². The minimum Gasteiger partial charge on any atom is -0.458 e. The van der Waals surface area contributed by atoms with E-state index in [4.69, 9.17) is 33.0 Å². The van der Waals surface area contributed by atoms with E-state index >= 15 is 0 Å². The highest BCUT2D eigenvalue weighted by atomic mass is 35.5. The van der Waals surface area contributed by atoms with Gasteiger partial charge in [0.2, 0.25) is 5.91 Å². The van der Waals surface area contributed by atoms with E-state index in [1.54, 1.807) is 45.0 Å². The molecule has 174 valence electrons. The summed E-state index contributed by atoms with van der Waals surface area (Å²) >= 11 is 12.6. The van der Waals surface area contributed by atoms with E-state index in [2.05, 4.69) is 5.32 Å². The summed E-state index contributed by atoms with van der Waals surface area (Å²) in [5, 5.41) is 3.09. The molecule has 1 N–H and O–H groups in total. The molecule has 33 heavy (non-hydrogen) atoms. The third-order valence-electron chi connectivity index (χ3n) is 4.35. The molecule has 2 amide bonds. The van der Waals surface area contributed by atoms with Crippen molar-refractivity contribution < 1.29 is 23.5 Å². The van der Waals surface area contributed by atoms with Crippen LogP contribution in [0.3, 0.4) is 0 Å². The fraction of sp³-hybridized carbons (Fsp3) is 0.304. The average Bonchev–Trinajstić information content (AvgIpc) is 3.27. The third-order valence-corrected chi connectivity index (χ3v) is 6.06. The molecule has 3 rings (SSSR count). The van der Waals surface area contributed by atoms with Crippen LogP contribution in [0.2, 0.25) is 5.02 Å². The zero-order valence-corrected chi connectivity index (χ0v) is 20.9. The lowest BCUT2D eigenvalue weighted by Gasteiger charge is -2.23. The van der Waals surface area contributed by atoms with Crippen molar-refractivity contribution in [3.05, 3.63) is 52.1 Å². The highest BCUT2D eigenvalue weighted by Crippen LogP contribution is 2.34. The number of thiocarbonyl (C=S) groups is 1. The van der Waals surface area contributed by atoms with Crippen molar-refractivity contribution in [2.24, 2.45) is 0 Å². The molecule has 0 radical (unpaired) electrons. The first-order valence-corrected chi connectivity index (χ1v) is 11.7. The fourth-order valence-electron chi connectivity index (χ4n) is 2.88. The normalized spacial score (nSPS) is 16.3. The van der Waals surface area contributed by atoms with E-state index < -0.39 is 29.4 Å². The highest BCUT2D eigenvalue weighted by molar-refractivity contribution is 8.26. The van der Waals surface area contributed by atoms with Gasteiger partial charge in [-0.1, -0.05) is 47.7 Å². The molecular formula is C23H23ClN2O5S2. The maximum Gasteiger partial charge on any atom is 0.328 e. The molecule has 10 heteroatoms. The van der Waals surface area contributed by atoms with Crippen LogP contribution in [0.1, 0.15) is 33.5 Å². The van der Waals surface area contributed by atoms with Crippen LogP contribution in [-0.2, 0) is 19.1 Å². The van der Waals surface area contributed by atoms with Gasteiger partial charge in [-0.05, 0) is 52.0 Å². The smallest absolute Gasteiger partial charge is 0.328 e. The number of carbonyl (C=O) groups is 3. The number of nitrogens with zero attached hydrogens (tertiary/aromatic N) is 1. The quantitative estimate of drug-likeness (QED) is 0.346. The zero-order valence-electron chi connectivity index (χ0n) is 18.5. The van der Waals surface area contributed by atoms with Crippen molar-refractivity contribution in [2.45, 2.75) is 39.3 Å². The first kappa shape index (κ1) is 25.0. The zero-order chi connectivity index (χ0) is 24.3. The van der Waals surface area contributed by atoms with Crippen LogP contribution in [0.25, 0.3) is 17.4 Å². The SMILES string of the molecule is C[C@H](NC(=O)CN1C(=O)C(=Cc2ccc(-c3ccccc3Cl)o2)SC1=S)C(=O)OC(C)(C)C. The summed E-state index contributed by atoms with van der Waals surface area (Å²) in [5.74, 6) is -0.481. The number of amides is 2. The molecule has 1 atom stereocenters. The lowest BCUT2D eigenvalue weighted by molar-refractivity contribution is -0.158. The summed E-state index contributed by atoms with van der Waals surface area (Å²) in [6.07, 6.45) is 1.57. The fourth-order valence-corrected chi connectivity index (χ4v) is 4.35. The monoisotopic (exact) mass is 506 g/mol. The number of thioether (sulfide) groups is 1. The number of nitrogens with one attached hydrogen (secondary N) is 1. The van der Waals surface area contributed by atoms with Gasteiger partial charge in [0.25, 0.3) is 5.91 Å². The summed E-state index contributed by atoms with van der Waals surface area (Å²) in [5.41, 5.74) is 0.0679. The minimum atomic E-state index is -0.864. The molecule has 0 spiro atoms. The molecule has 1 fully saturated rings. The summed E-state index contributed by atoms with van der Waals surface area (Å²) < 4.78 is 11.3. The number of halogens is 1. The Morgan fingerprint density at radius 1 is 1.27 bits per heavy atom. The second-order valence-electron chi connectivity index (χ2n) is 8.27. The van der Waals surface area contributed by atoms with Gasteiger partial charge in [-0.25, -0.2) is 4.79 Å². The Kier molecular flexibility index (Phi) is 7.66. The number of ether oxygens (including phenoxy) is 1. The standard InChI is InChI=1S/C23H23ClN2O5S2/c1-13(21(29)31-23(2,3)4)25-19(27)12-26-20(28)18(33-22(26)32)11-14-9-10-17(30-14)15-7-5-6-8-16(15)24/h5-11,13H,12H2,1-4H3,(H,25,27)/t13-/m0/s1. The number of hydrogen-bond acceptors (Lipinski definition) is 7.